The second kappa shape index (κ2) is 9.32. The number of sulfone groups is 1. The summed E-state index contributed by atoms with van der Waals surface area (Å²) < 4.78 is 124. The van der Waals surface area contributed by atoms with E-state index in [1.807, 2.05) is 0 Å². The highest BCUT2D eigenvalue weighted by Crippen LogP contribution is 2.47. The van der Waals surface area contributed by atoms with E-state index in [2.05, 4.69) is 0 Å². The molecule has 2 heterocycles. The standard InChI is InChI=1S/C22H18F7N3O5S/c1-30(14-4-2-13(23)3-5-14)20(34)37-18-16(22(27,28)29)8-12(21(24,25)26)9-17(18)32-7-6-31(19(32)33)15-10-38(35,36)11-15/h2-5,8-9,15H,6-7,10-11H2,1H3. The van der Waals surface area contributed by atoms with Gasteiger partial charge in [-0.25, -0.2) is 22.4 Å². The van der Waals surface area contributed by atoms with Crippen molar-refractivity contribution < 1.29 is 53.5 Å². The number of rotatable bonds is 4. The van der Waals surface area contributed by atoms with Gasteiger partial charge in [0.1, 0.15) is 11.4 Å². The molecule has 3 amide bonds. The molecule has 0 N–H and O–H groups in total. The number of alkyl halides is 6. The molecule has 0 atom stereocenters. The fourth-order valence-corrected chi connectivity index (χ4v) is 5.49. The molecule has 2 saturated heterocycles. The van der Waals surface area contributed by atoms with Gasteiger partial charge in [0.05, 0.1) is 28.8 Å². The maximum absolute atomic E-state index is 14.0. The monoisotopic (exact) mass is 569 g/mol. The number of urea groups is 1. The van der Waals surface area contributed by atoms with Crippen molar-refractivity contribution in [3.63, 3.8) is 0 Å². The molecular weight excluding hydrogens is 551 g/mol. The zero-order chi connectivity index (χ0) is 28.2. The van der Waals surface area contributed by atoms with Crippen LogP contribution in [0, 0.1) is 5.82 Å². The third-order valence-electron chi connectivity index (χ3n) is 6.04. The Labute approximate surface area is 211 Å². The number of benzene rings is 2. The molecular formula is C22H18F7N3O5S. The summed E-state index contributed by atoms with van der Waals surface area (Å²) >= 11 is 0. The number of anilines is 2. The highest BCUT2D eigenvalue weighted by Gasteiger charge is 2.47. The summed E-state index contributed by atoms with van der Waals surface area (Å²) in [6.07, 6.45) is -12.2. The molecule has 0 aromatic heterocycles. The lowest BCUT2D eigenvalue weighted by Crippen LogP contribution is -2.54. The van der Waals surface area contributed by atoms with Gasteiger partial charge in [-0.2, -0.15) is 26.3 Å². The fraction of sp³-hybridized carbons (Fsp3) is 0.364. The van der Waals surface area contributed by atoms with Crippen LogP contribution in [0.15, 0.2) is 36.4 Å². The van der Waals surface area contributed by atoms with Crippen molar-refractivity contribution in [1.82, 2.24) is 4.90 Å². The van der Waals surface area contributed by atoms with E-state index in [4.69, 9.17) is 4.74 Å². The zero-order valence-electron chi connectivity index (χ0n) is 19.3. The molecule has 0 aliphatic carbocycles. The van der Waals surface area contributed by atoms with E-state index in [-0.39, 0.29) is 24.4 Å². The maximum atomic E-state index is 14.0. The topological polar surface area (TPSA) is 87.2 Å². The number of nitrogens with zero attached hydrogens (tertiary/aromatic N) is 3. The molecule has 0 saturated carbocycles. The Balaban J connectivity index is 1.77. The van der Waals surface area contributed by atoms with Crippen molar-refractivity contribution >= 4 is 33.3 Å². The minimum Gasteiger partial charge on any atom is -0.407 e. The van der Waals surface area contributed by atoms with Crippen LogP contribution in [-0.2, 0) is 22.2 Å². The lowest BCUT2D eigenvalue weighted by molar-refractivity contribution is -0.143. The average Bonchev–Trinajstić information content (AvgIpc) is 3.16. The lowest BCUT2D eigenvalue weighted by Gasteiger charge is -2.34. The Hall–Kier alpha value is -3.56. The highest BCUT2D eigenvalue weighted by atomic mass is 32.2. The Morgan fingerprint density at radius 2 is 1.61 bits per heavy atom. The predicted molar refractivity (Wildman–Crippen MR) is 119 cm³/mol. The predicted octanol–water partition coefficient (Wildman–Crippen LogP) is 4.54. The second-order valence-corrected chi connectivity index (χ2v) is 10.8. The summed E-state index contributed by atoms with van der Waals surface area (Å²) in [6.45, 7) is -0.578. The van der Waals surface area contributed by atoms with E-state index in [0.717, 1.165) is 36.2 Å². The van der Waals surface area contributed by atoms with Crippen molar-refractivity contribution in [2.75, 3.05) is 41.4 Å². The first-order valence-electron chi connectivity index (χ1n) is 10.8. The van der Waals surface area contributed by atoms with E-state index in [0.29, 0.717) is 9.80 Å². The number of hydrogen-bond acceptors (Lipinski definition) is 5. The van der Waals surface area contributed by atoms with Crippen LogP contribution in [-0.4, -0.2) is 63.1 Å². The number of carbonyl (C=O) groups is 2. The SMILES string of the molecule is CN(C(=O)Oc1c(N2CCN(C3CS(=O)(=O)C3)C2=O)cc(C(F)(F)F)cc1C(F)(F)F)c1ccc(F)cc1. The largest absolute Gasteiger partial charge is 0.420 e. The van der Waals surface area contributed by atoms with Crippen LogP contribution in [0.5, 0.6) is 5.75 Å². The number of carbonyl (C=O) groups excluding carboxylic acids is 2. The second-order valence-electron chi connectivity index (χ2n) is 8.63. The van der Waals surface area contributed by atoms with Crippen LogP contribution in [0.2, 0.25) is 0 Å². The molecule has 0 spiro atoms. The normalized spacial score (nSPS) is 17.9. The number of amides is 3. The summed E-state index contributed by atoms with van der Waals surface area (Å²) in [4.78, 5) is 28.1. The molecule has 16 heteroatoms. The molecule has 2 aliphatic rings. The summed E-state index contributed by atoms with van der Waals surface area (Å²) in [6, 6.07) is 2.34. The number of ether oxygens (including phenoxy) is 1. The summed E-state index contributed by atoms with van der Waals surface area (Å²) in [5.41, 5.74) is -4.68. The number of halogens is 7. The minimum absolute atomic E-state index is 0.00645. The Kier molecular flexibility index (Phi) is 6.74. The van der Waals surface area contributed by atoms with Crippen molar-refractivity contribution in [1.29, 1.82) is 0 Å². The van der Waals surface area contributed by atoms with Crippen LogP contribution in [0.3, 0.4) is 0 Å². The van der Waals surface area contributed by atoms with Gasteiger partial charge >= 0.3 is 24.5 Å². The molecule has 2 aromatic carbocycles. The Morgan fingerprint density at radius 1 is 1.00 bits per heavy atom. The lowest BCUT2D eigenvalue weighted by atomic mass is 10.1. The van der Waals surface area contributed by atoms with Crippen LogP contribution >= 0.6 is 0 Å². The minimum atomic E-state index is -5.44. The molecule has 8 nitrogen and oxygen atoms in total. The van der Waals surface area contributed by atoms with Crippen LogP contribution in [0.4, 0.5) is 51.7 Å². The van der Waals surface area contributed by atoms with E-state index in [1.165, 1.54) is 0 Å². The van der Waals surface area contributed by atoms with E-state index in [9.17, 15) is 48.7 Å². The third-order valence-corrected chi connectivity index (χ3v) is 7.83. The van der Waals surface area contributed by atoms with Gasteiger partial charge < -0.3 is 9.64 Å². The van der Waals surface area contributed by atoms with E-state index in [1.54, 1.807) is 0 Å². The molecule has 206 valence electrons. The Morgan fingerprint density at radius 3 is 2.13 bits per heavy atom. The van der Waals surface area contributed by atoms with Crippen molar-refractivity contribution in [3.05, 3.63) is 53.3 Å². The van der Waals surface area contributed by atoms with Crippen LogP contribution in [0.1, 0.15) is 11.1 Å². The van der Waals surface area contributed by atoms with Crippen molar-refractivity contribution in [2.24, 2.45) is 0 Å². The summed E-state index contributed by atoms with van der Waals surface area (Å²) in [7, 11) is -2.32. The fourth-order valence-electron chi connectivity index (χ4n) is 4.06. The van der Waals surface area contributed by atoms with Gasteiger partial charge in [0.2, 0.25) is 0 Å². The highest BCUT2D eigenvalue weighted by molar-refractivity contribution is 7.92. The average molecular weight is 569 g/mol. The summed E-state index contributed by atoms with van der Waals surface area (Å²) in [5, 5.41) is 0. The van der Waals surface area contributed by atoms with Gasteiger partial charge in [-0.3, -0.25) is 9.80 Å². The number of hydrogen-bond donors (Lipinski definition) is 0. The van der Waals surface area contributed by atoms with Crippen LogP contribution < -0.4 is 14.5 Å². The maximum Gasteiger partial charge on any atom is 0.420 e. The molecule has 0 unspecified atom stereocenters. The third kappa shape index (κ3) is 5.35. The van der Waals surface area contributed by atoms with Gasteiger partial charge in [-0.05, 0) is 36.4 Å². The van der Waals surface area contributed by atoms with Gasteiger partial charge in [-0.15, -0.1) is 0 Å². The smallest absolute Gasteiger partial charge is 0.407 e. The molecule has 2 aliphatic heterocycles. The Bertz CT molecular complexity index is 1370. The first-order chi connectivity index (χ1) is 17.5. The van der Waals surface area contributed by atoms with Crippen molar-refractivity contribution in [3.8, 4) is 5.75 Å². The van der Waals surface area contributed by atoms with Crippen LogP contribution in [0.25, 0.3) is 0 Å². The first-order valence-corrected chi connectivity index (χ1v) is 12.6. The van der Waals surface area contributed by atoms with E-state index >= 15 is 0 Å². The van der Waals surface area contributed by atoms with E-state index < -0.39 is 86.8 Å². The molecule has 2 fully saturated rings. The van der Waals surface area contributed by atoms with Crippen molar-refractivity contribution in [2.45, 2.75) is 18.4 Å². The van der Waals surface area contributed by atoms with Gasteiger partial charge in [-0.1, -0.05) is 0 Å². The molecule has 38 heavy (non-hydrogen) atoms. The zero-order valence-corrected chi connectivity index (χ0v) is 20.1. The van der Waals surface area contributed by atoms with Gasteiger partial charge in [0.25, 0.3) is 0 Å². The quantitative estimate of drug-likeness (QED) is 0.505. The molecule has 0 bridgehead atoms. The molecule has 2 aromatic rings. The first kappa shape index (κ1) is 27.5. The molecule has 4 rings (SSSR count). The molecule has 0 radical (unpaired) electrons. The summed E-state index contributed by atoms with van der Waals surface area (Å²) in [5.74, 6) is -2.81. The van der Waals surface area contributed by atoms with Gasteiger partial charge in [0.15, 0.2) is 15.6 Å². The van der Waals surface area contributed by atoms with Gasteiger partial charge in [0, 0.05) is 25.8 Å².